The van der Waals surface area contributed by atoms with Crippen LogP contribution in [0.3, 0.4) is 0 Å². The molecule has 0 bridgehead atoms. The van der Waals surface area contributed by atoms with Crippen molar-refractivity contribution in [3.63, 3.8) is 0 Å². The van der Waals surface area contributed by atoms with Crippen LogP contribution in [-0.2, 0) is 11.2 Å². The molecule has 2 amide bonds. The minimum absolute atomic E-state index is 0.0344. The Labute approximate surface area is 209 Å². The Balaban J connectivity index is 1.33. The molecule has 0 saturated carbocycles. The van der Waals surface area contributed by atoms with Gasteiger partial charge in [-0.25, -0.2) is 18.6 Å². The maximum absolute atomic E-state index is 14.8. The van der Waals surface area contributed by atoms with Gasteiger partial charge in [-0.15, -0.1) is 0 Å². The molecule has 2 saturated heterocycles. The lowest BCUT2D eigenvalue weighted by Gasteiger charge is -2.33. The molecule has 3 heterocycles. The number of benzene rings is 1. The summed E-state index contributed by atoms with van der Waals surface area (Å²) in [6.45, 7) is 3.34. The number of nitrogens with two attached hydrogens (primary N) is 1. The third kappa shape index (κ3) is 6.10. The largest absolute Gasteiger partial charge is 0.474 e. The van der Waals surface area contributed by atoms with Crippen molar-refractivity contribution in [3.8, 4) is 17.0 Å². The number of hydrogen-bond acceptors (Lipinski definition) is 5. The molecule has 2 aliphatic heterocycles. The molecule has 2 aliphatic rings. The van der Waals surface area contributed by atoms with Crippen LogP contribution in [0.15, 0.2) is 36.5 Å². The van der Waals surface area contributed by atoms with Crippen molar-refractivity contribution < 1.29 is 28.2 Å². The Hall–Kier alpha value is -3.27. The van der Waals surface area contributed by atoms with Crippen LogP contribution in [0.5, 0.6) is 5.88 Å². The van der Waals surface area contributed by atoms with E-state index in [1.807, 2.05) is 6.92 Å². The minimum atomic E-state index is -1.03. The first-order chi connectivity index (χ1) is 17.2. The van der Waals surface area contributed by atoms with E-state index in [-0.39, 0.29) is 30.9 Å². The van der Waals surface area contributed by atoms with E-state index in [1.54, 1.807) is 30.5 Å². The number of likely N-dealkylation sites (tertiary alicyclic amines) is 2. The lowest BCUT2D eigenvalue weighted by molar-refractivity contribution is -0.131. The second kappa shape index (κ2) is 11.2. The number of nitrogens with zero attached hydrogens (tertiary/aromatic N) is 3. The zero-order chi connectivity index (χ0) is 25.8. The summed E-state index contributed by atoms with van der Waals surface area (Å²) in [6, 6.07) is 7.34. The van der Waals surface area contributed by atoms with Crippen molar-refractivity contribution in [1.82, 2.24) is 14.8 Å². The van der Waals surface area contributed by atoms with Gasteiger partial charge in [0.25, 0.3) is 0 Å². The molecule has 3 atom stereocenters. The van der Waals surface area contributed by atoms with Crippen LogP contribution in [0.1, 0.15) is 31.7 Å². The molecule has 8 nitrogen and oxygen atoms in total. The number of carbonyl (C=O) groups excluding carboxylic acids is 1. The third-order valence-corrected chi connectivity index (χ3v) is 7.10. The minimum Gasteiger partial charge on any atom is -0.474 e. The number of aromatic nitrogens is 1. The highest BCUT2D eigenvalue weighted by Crippen LogP contribution is 2.27. The van der Waals surface area contributed by atoms with Crippen LogP contribution < -0.4 is 10.5 Å². The van der Waals surface area contributed by atoms with Gasteiger partial charge in [-0.3, -0.25) is 4.79 Å². The van der Waals surface area contributed by atoms with Crippen LogP contribution in [0.2, 0.25) is 0 Å². The first-order valence-corrected chi connectivity index (χ1v) is 12.3. The molecule has 1 unspecified atom stereocenters. The van der Waals surface area contributed by atoms with E-state index in [0.717, 1.165) is 12.8 Å². The lowest BCUT2D eigenvalue weighted by Crippen LogP contribution is -2.44. The predicted molar refractivity (Wildman–Crippen MR) is 130 cm³/mol. The zero-order valence-corrected chi connectivity index (χ0v) is 20.3. The summed E-state index contributed by atoms with van der Waals surface area (Å²) in [6.07, 6.45) is 1.40. The Morgan fingerprint density at radius 2 is 1.83 bits per heavy atom. The normalized spacial score (nSPS) is 20.3. The number of carboxylic acid groups (broad SMARTS) is 1. The molecular weight excluding hydrogens is 470 g/mol. The summed E-state index contributed by atoms with van der Waals surface area (Å²) in [5.41, 5.74) is 7.65. The average Bonchev–Trinajstić information content (AvgIpc) is 3.31. The number of halogens is 2. The van der Waals surface area contributed by atoms with E-state index < -0.39 is 24.1 Å². The quantitative estimate of drug-likeness (QED) is 0.600. The number of amides is 2. The molecule has 4 rings (SSSR count). The first-order valence-electron chi connectivity index (χ1n) is 12.3. The molecule has 2 fully saturated rings. The van der Waals surface area contributed by atoms with Gasteiger partial charge in [0.15, 0.2) is 0 Å². The topological polar surface area (TPSA) is 109 Å². The smallest absolute Gasteiger partial charge is 0.407 e. The van der Waals surface area contributed by atoms with Gasteiger partial charge in [0.05, 0.1) is 12.6 Å². The van der Waals surface area contributed by atoms with Gasteiger partial charge in [0.2, 0.25) is 11.8 Å². The van der Waals surface area contributed by atoms with E-state index in [0.29, 0.717) is 48.6 Å². The van der Waals surface area contributed by atoms with Gasteiger partial charge in [0.1, 0.15) is 18.1 Å². The first kappa shape index (κ1) is 25.8. The monoisotopic (exact) mass is 502 g/mol. The summed E-state index contributed by atoms with van der Waals surface area (Å²) in [5, 5.41) is 9.09. The van der Waals surface area contributed by atoms with Crippen molar-refractivity contribution in [2.24, 2.45) is 11.7 Å². The van der Waals surface area contributed by atoms with Crippen LogP contribution in [-0.4, -0.2) is 76.4 Å². The van der Waals surface area contributed by atoms with Gasteiger partial charge in [-0.1, -0.05) is 12.1 Å². The molecule has 10 heteroatoms. The van der Waals surface area contributed by atoms with Crippen molar-refractivity contribution in [1.29, 1.82) is 0 Å². The molecule has 0 spiro atoms. The molecule has 2 aromatic rings. The molecule has 1 aromatic heterocycles. The lowest BCUT2D eigenvalue weighted by atomic mass is 9.92. The van der Waals surface area contributed by atoms with Gasteiger partial charge < -0.3 is 25.4 Å². The van der Waals surface area contributed by atoms with Gasteiger partial charge in [0, 0.05) is 37.5 Å². The van der Waals surface area contributed by atoms with Gasteiger partial charge in [-0.2, -0.15) is 0 Å². The van der Waals surface area contributed by atoms with Crippen LogP contribution in [0, 0.1) is 11.7 Å². The van der Waals surface area contributed by atoms with E-state index in [9.17, 15) is 18.4 Å². The highest BCUT2D eigenvalue weighted by molar-refractivity contribution is 5.82. The zero-order valence-electron chi connectivity index (χ0n) is 20.3. The second-order valence-electron chi connectivity index (χ2n) is 9.60. The predicted octanol–water partition coefficient (Wildman–Crippen LogP) is 3.49. The Morgan fingerprint density at radius 3 is 2.42 bits per heavy atom. The summed E-state index contributed by atoms with van der Waals surface area (Å²) in [5.74, 6) is -0.140. The molecule has 0 radical (unpaired) electrons. The molecule has 3 N–H and O–H groups in total. The Kier molecular flexibility index (Phi) is 8.03. The van der Waals surface area contributed by atoms with E-state index in [4.69, 9.17) is 15.6 Å². The third-order valence-electron chi connectivity index (χ3n) is 7.10. The Morgan fingerprint density at radius 1 is 1.14 bits per heavy atom. The van der Waals surface area contributed by atoms with E-state index >= 15 is 0 Å². The number of pyridine rings is 1. The van der Waals surface area contributed by atoms with Crippen molar-refractivity contribution in [3.05, 3.63) is 47.9 Å². The molecule has 1 aromatic carbocycles. The fraction of sp³-hybridized carbons (Fsp3) is 0.500. The maximum atomic E-state index is 14.8. The number of ether oxygens (including phenoxy) is 1. The van der Waals surface area contributed by atoms with Crippen LogP contribution in [0.25, 0.3) is 11.1 Å². The van der Waals surface area contributed by atoms with E-state index in [2.05, 4.69) is 4.98 Å². The number of alkyl halides is 1. The molecule has 36 heavy (non-hydrogen) atoms. The van der Waals surface area contributed by atoms with Gasteiger partial charge >= 0.3 is 6.09 Å². The number of piperidine rings is 1. The highest BCUT2D eigenvalue weighted by atomic mass is 19.1. The molecule has 194 valence electrons. The van der Waals surface area contributed by atoms with Crippen molar-refractivity contribution >= 4 is 12.0 Å². The second-order valence-corrected chi connectivity index (χ2v) is 9.60. The number of rotatable bonds is 7. The van der Waals surface area contributed by atoms with Crippen LogP contribution >= 0.6 is 0 Å². The molecular formula is C26H32F2N4O4. The van der Waals surface area contributed by atoms with Gasteiger partial charge in [-0.05, 0) is 61.8 Å². The maximum Gasteiger partial charge on any atom is 0.407 e. The number of hydrogen-bond donors (Lipinski definition) is 2. The summed E-state index contributed by atoms with van der Waals surface area (Å²) in [7, 11) is 0. The Bertz CT molecular complexity index is 1080. The van der Waals surface area contributed by atoms with E-state index in [1.165, 1.54) is 15.9 Å². The standard InChI is InChI=1S/C26H32F2N4O4/c1-16(17-6-9-31(10-7-17)26(34)35)36-24-5-4-20(14-30-24)18-2-3-19(22(28)12-18)13-23(29)25(33)32-11-8-21(27)15-32/h2-5,12,14,16-17,21,23H,6-11,13,15,29H2,1H3,(H,34,35)/t16-,21-,23?/m0/s1. The SMILES string of the molecule is C[C@H](Oc1ccc(-c2ccc(CC(N)C(=O)N3CC[C@H](F)C3)c(F)c2)cn1)C1CCN(C(=O)O)CC1. The highest BCUT2D eigenvalue weighted by Gasteiger charge is 2.30. The average molecular weight is 503 g/mol. The number of carbonyl (C=O) groups is 2. The van der Waals surface area contributed by atoms with Crippen molar-refractivity contribution in [2.75, 3.05) is 26.2 Å². The summed E-state index contributed by atoms with van der Waals surface area (Å²) in [4.78, 5) is 30.7. The fourth-order valence-electron chi connectivity index (χ4n) is 4.84. The summed E-state index contributed by atoms with van der Waals surface area (Å²) >= 11 is 0. The van der Waals surface area contributed by atoms with Crippen molar-refractivity contribution in [2.45, 2.75) is 50.9 Å². The fourth-order valence-corrected chi connectivity index (χ4v) is 4.84. The van der Waals surface area contributed by atoms with Crippen LogP contribution in [0.4, 0.5) is 13.6 Å². The molecule has 0 aliphatic carbocycles. The summed E-state index contributed by atoms with van der Waals surface area (Å²) < 4.78 is 34.2.